The highest BCUT2D eigenvalue weighted by Crippen LogP contribution is 2.23. The molecule has 0 radical (unpaired) electrons. The second-order valence-electron chi connectivity index (χ2n) is 5.69. The van der Waals surface area contributed by atoms with Crippen LogP contribution in [0.5, 0.6) is 5.75 Å². The van der Waals surface area contributed by atoms with Crippen molar-refractivity contribution in [2.24, 2.45) is 5.73 Å². The number of likely N-dealkylation sites (tertiary alicyclic amines) is 1. The fourth-order valence-electron chi connectivity index (χ4n) is 2.68. The second kappa shape index (κ2) is 8.93. The van der Waals surface area contributed by atoms with Gasteiger partial charge in [0.2, 0.25) is 0 Å². The number of benzene rings is 1. The van der Waals surface area contributed by atoms with E-state index in [9.17, 15) is 14.9 Å². The first-order valence-corrected chi connectivity index (χ1v) is 8.79. The van der Waals surface area contributed by atoms with Crippen molar-refractivity contribution in [3.63, 3.8) is 0 Å². The molecule has 140 valence electrons. The zero-order chi connectivity index (χ0) is 17.8. The number of carbonyl (C=O) groups is 1. The van der Waals surface area contributed by atoms with Gasteiger partial charge >= 0.3 is 0 Å². The van der Waals surface area contributed by atoms with Gasteiger partial charge in [0.25, 0.3) is 11.6 Å². The summed E-state index contributed by atoms with van der Waals surface area (Å²) in [6.45, 7) is 1.51. The topological polar surface area (TPSA) is 112 Å². The van der Waals surface area contributed by atoms with Crippen LogP contribution in [-0.2, 0) is 6.54 Å². The molecule has 2 N–H and O–H groups in total. The number of nitro benzene ring substituents is 1. The van der Waals surface area contributed by atoms with Gasteiger partial charge in [-0.25, -0.2) is 4.98 Å². The first kappa shape index (κ1) is 20.1. The smallest absolute Gasteiger partial charge is 0.273 e. The van der Waals surface area contributed by atoms with Crippen molar-refractivity contribution >= 4 is 35.3 Å². The predicted octanol–water partition coefficient (Wildman–Crippen LogP) is 2.62. The number of hydrogen-bond acceptors (Lipinski definition) is 7. The Labute approximate surface area is 160 Å². The predicted molar refractivity (Wildman–Crippen MR) is 99.9 cm³/mol. The summed E-state index contributed by atoms with van der Waals surface area (Å²) in [4.78, 5) is 28.6. The Kier molecular flexibility index (Phi) is 6.90. The van der Waals surface area contributed by atoms with Crippen molar-refractivity contribution in [1.29, 1.82) is 0 Å². The monoisotopic (exact) mass is 398 g/mol. The van der Waals surface area contributed by atoms with Crippen molar-refractivity contribution in [3.05, 3.63) is 50.5 Å². The van der Waals surface area contributed by atoms with Gasteiger partial charge in [0.1, 0.15) is 22.6 Å². The van der Waals surface area contributed by atoms with Crippen LogP contribution in [-0.4, -0.2) is 39.9 Å². The third-order valence-corrected chi connectivity index (χ3v) is 4.90. The molecule has 1 saturated heterocycles. The summed E-state index contributed by atoms with van der Waals surface area (Å²) in [6, 6.07) is 6.04. The lowest BCUT2D eigenvalue weighted by molar-refractivity contribution is -0.384. The maximum absolute atomic E-state index is 12.4. The molecule has 10 heteroatoms. The number of halogens is 1. The molecule has 3 rings (SSSR count). The first-order valence-electron chi connectivity index (χ1n) is 7.91. The molecule has 1 aromatic carbocycles. The van der Waals surface area contributed by atoms with Crippen molar-refractivity contribution < 1.29 is 14.5 Å². The third kappa shape index (κ3) is 4.69. The number of nitrogens with two attached hydrogens (primary N) is 1. The minimum absolute atomic E-state index is 0. The molecular formula is C16H19ClN4O4S. The number of rotatable bonds is 5. The number of piperidine rings is 1. The molecule has 1 fully saturated rings. The lowest BCUT2D eigenvalue weighted by atomic mass is 10.1. The molecule has 1 aromatic heterocycles. The van der Waals surface area contributed by atoms with Crippen molar-refractivity contribution in [1.82, 2.24) is 9.88 Å². The molecule has 0 aliphatic carbocycles. The van der Waals surface area contributed by atoms with Gasteiger partial charge < -0.3 is 15.4 Å². The van der Waals surface area contributed by atoms with Gasteiger partial charge in [-0.3, -0.25) is 14.9 Å². The molecule has 0 saturated carbocycles. The molecule has 1 amide bonds. The Morgan fingerprint density at radius 1 is 1.35 bits per heavy atom. The van der Waals surface area contributed by atoms with Crippen LogP contribution in [0.25, 0.3) is 0 Å². The average Bonchev–Trinajstić information content (AvgIpc) is 3.11. The lowest BCUT2D eigenvalue weighted by Crippen LogP contribution is -2.41. The van der Waals surface area contributed by atoms with Crippen LogP contribution >= 0.6 is 23.7 Å². The molecule has 26 heavy (non-hydrogen) atoms. The molecule has 2 aromatic rings. The van der Waals surface area contributed by atoms with Crippen LogP contribution < -0.4 is 10.5 Å². The maximum Gasteiger partial charge on any atom is 0.273 e. The van der Waals surface area contributed by atoms with E-state index in [0.717, 1.165) is 5.01 Å². The normalized spacial score (nSPS) is 14.6. The van der Waals surface area contributed by atoms with Gasteiger partial charge in [-0.2, -0.15) is 0 Å². The van der Waals surface area contributed by atoms with Crippen LogP contribution in [0.4, 0.5) is 5.69 Å². The average molecular weight is 399 g/mol. The summed E-state index contributed by atoms with van der Waals surface area (Å²) in [7, 11) is 0. The molecular weight excluding hydrogens is 380 g/mol. The Hall–Kier alpha value is -2.23. The van der Waals surface area contributed by atoms with E-state index in [1.165, 1.54) is 23.5 Å². The Morgan fingerprint density at radius 2 is 2.00 bits per heavy atom. The minimum atomic E-state index is -0.442. The van der Waals surface area contributed by atoms with Gasteiger partial charge in [0.15, 0.2) is 0 Å². The summed E-state index contributed by atoms with van der Waals surface area (Å²) in [6.07, 6.45) is 1.40. The van der Waals surface area contributed by atoms with Crippen molar-refractivity contribution in [3.8, 4) is 5.75 Å². The van der Waals surface area contributed by atoms with E-state index in [0.29, 0.717) is 43.9 Å². The highest BCUT2D eigenvalue weighted by atomic mass is 35.5. The third-order valence-electron chi connectivity index (χ3n) is 4.02. The highest BCUT2D eigenvalue weighted by molar-refractivity contribution is 7.09. The summed E-state index contributed by atoms with van der Waals surface area (Å²) in [5, 5.41) is 13.1. The van der Waals surface area contributed by atoms with Crippen LogP contribution in [0.1, 0.15) is 28.3 Å². The van der Waals surface area contributed by atoms with E-state index in [1.807, 2.05) is 0 Å². The van der Waals surface area contributed by atoms with Gasteiger partial charge in [0.05, 0.1) is 4.92 Å². The van der Waals surface area contributed by atoms with E-state index in [-0.39, 0.29) is 30.1 Å². The van der Waals surface area contributed by atoms with E-state index in [4.69, 9.17) is 10.5 Å². The first-order chi connectivity index (χ1) is 12.1. The van der Waals surface area contributed by atoms with Crippen LogP contribution in [0.2, 0.25) is 0 Å². The summed E-state index contributed by atoms with van der Waals surface area (Å²) in [5.74, 6) is 0.521. The fourth-order valence-corrected chi connectivity index (χ4v) is 3.33. The van der Waals surface area contributed by atoms with E-state index in [1.54, 1.807) is 22.4 Å². The maximum atomic E-state index is 12.4. The standard InChI is InChI=1S/C16H18N4O4S.ClH/c17-9-15-18-14(10-25-15)16(21)19-7-5-13(6-8-19)24-12-3-1-11(2-4-12)20(22)23;/h1-4,10,13H,5-9,17H2;1H. The Morgan fingerprint density at radius 3 is 2.54 bits per heavy atom. The van der Waals surface area contributed by atoms with Crippen LogP contribution in [0, 0.1) is 10.1 Å². The molecule has 0 atom stereocenters. The molecule has 0 bridgehead atoms. The summed E-state index contributed by atoms with van der Waals surface area (Å²) in [5.41, 5.74) is 6.01. The number of ether oxygens (including phenoxy) is 1. The van der Waals surface area contributed by atoms with Gasteiger partial charge in [-0.1, -0.05) is 0 Å². The fraction of sp³-hybridized carbons (Fsp3) is 0.375. The van der Waals surface area contributed by atoms with Crippen LogP contribution in [0.15, 0.2) is 29.6 Å². The zero-order valence-corrected chi connectivity index (χ0v) is 15.5. The Bertz CT molecular complexity index is 760. The minimum Gasteiger partial charge on any atom is -0.490 e. The van der Waals surface area contributed by atoms with Gasteiger partial charge in [-0.05, 0) is 12.1 Å². The van der Waals surface area contributed by atoms with E-state index in [2.05, 4.69) is 4.98 Å². The molecule has 0 spiro atoms. The van der Waals surface area contributed by atoms with Gasteiger partial charge in [-0.15, -0.1) is 23.7 Å². The van der Waals surface area contributed by atoms with Gasteiger partial charge in [0, 0.05) is 50.0 Å². The highest BCUT2D eigenvalue weighted by Gasteiger charge is 2.26. The number of amides is 1. The molecule has 0 unspecified atom stereocenters. The van der Waals surface area contributed by atoms with E-state index < -0.39 is 4.92 Å². The zero-order valence-electron chi connectivity index (χ0n) is 13.9. The summed E-state index contributed by atoms with van der Waals surface area (Å²) < 4.78 is 5.85. The molecule has 1 aliphatic rings. The number of non-ortho nitro benzene ring substituents is 1. The molecule has 8 nitrogen and oxygen atoms in total. The van der Waals surface area contributed by atoms with Crippen LogP contribution in [0.3, 0.4) is 0 Å². The number of carbonyl (C=O) groups excluding carboxylic acids is 1. The molecule has 1 aliphatic heterocycles. The number of nitrogens with zero attached hydrogens (tertiary/aromatic N) is 3. The SMILES string of the molecule is Cl.NCc1nc(C(=O)N2CCC(Oc3ccc([N+](=O)[O-])cc3)CC2)cs1. The number of nitro groups is 1. The largest absolute Gasteiger partial charge is 0.490 e. The van der Waals surface area contributed by atoms with Crippen molar-refractivity contribution in [2.45, 2.75) is 25.5 Å². The summed E-state index contributed by atoms with van der Waals surface area (Å²) >= 11 is 1.39. The van der Waals surface area contributed by atoms with Crippen molar-refractivity contribution in [2.75, 3.05) is 13.1 Å². The Balaban J connectivity index is 0.00000243. The molecule has 2 heterocycles. The lowest BCUT2D eigenvalue weighted by Gasteiger charge is -2.31. The van der Waals surface area contributed by atoms with E-state index >= 15 is 0 Å². The number of thiazole rings is 1. The number of hydrogen-bond donors (Lipinski definition) is 1. The number of aromatic nitrogens is 1. The second-order valence-corrected chi connectivity index (χ2v) is 6.63. The quantitative estimate of drug-likeness (QED) is 0.612.